The van der Waals surface area contributed by atoms with E-state index in [4.69, 9.17) is 0 Å². The molecule has 0 aliphatic carbocycles. The summed E-state index contributed by atoms with van der Waals surface area (Å²) in [6, 6.07) is 16.6. The van der Waals surface area contributed by atoms with Gasteiger partial charge in [0.15, 0.2) is 0 Å². The number of aliphatic imine (C=N–C) groups is 1. The molecule has 3 rings (SSSR count). The van der Waals surface area contributed by atoms with Gasteiger partial charge in [-0.25, -0.2) is 4.79 Å². The lowest BCUT2D eigenvalue weighted by atomic mass is 10.1. The number of carboxylic acid groups (broad SMARTS) is 1. The maximum absolute atomic E-state index is 12.9. The number of nitrogens with one attached hydrogen (secondary N) is 1. The number of rotatable bonds is 6. The maximum Gasteiger partial charge on any atom is 0.395 e. The number of hydrogen-bond donors (Lipinski definition) is 2. The van der Waals surface area contributed by atoms with E-state index in [9.17, 15) is 14.7 Å². The van der Waals surface area contributed by atoms with Crippen molar-refractivity contribution < 1.29 is 14.7 Å². The summed E-state index contributed by atoms with van der Waals surface area (Å²) in [6.07, 6.45) is 0. The van der Waals surface area contributed by atoms with E-state index in [-0.39, 0.29) is 21.9 Å². The van der Waals surface area contributed by atoms with E-state index in [1.54, 1.807) is 12.1 Å². The van der Waals surface area contributed by atoms with E-state index < -0.39 is 11.9 Å². The first-order valence-corrected chi connectivity index (χ1v) is 10.2. The lowest BCUT2D eigenvalue weighted by molar-refractivity contribution is -0.133. The van der Waals surface area contributed by atoms with Gasteiger partial charge in [0.25, 0.3) is 11.6 Å². The van der Waals surface area contributed by atoms with Crippen LogP contribution in [0.3, 0.4) is 0 Å². The second kappa shape index (κ2) is 8.73. The van der Waals surface area contributed by atoms with Gasteiger partial charge in [-0.3, -0.25) is 4.79 Å². The highest BCUT2D eigenvalue weighted by Gasteiger charge is 2.53. The van der Waals surface area contributed by atoms with Crippen LogP contribution in [0.5, 0.6) is 0 Å². The summed E-state index contributed by atoms with van der Waals surface area (Å²) >= 11 is 0. The van der Waals surface area contributed by atoms with Gasteiger partial charge >= 0.3 is 11.9 Å². The predicted molar refractivity (Wildman–Crippen MR) is 122 cm³/mol. The fourth-order valence-corrected chi connectivity index (χ4v) is 3.95. The number of quaternary nitrogens is 1. The third-order valence-electron chi connectivity index (χ3n) is 5.14. The first-order chi connectivity index (χ1) is 14.7. The van der Waals surface area contributed by atoms with Gasteiger partial charge in [0, 0.05) is 37.7 Å². The van der Waals surface area contributed by atoms with Gasteiger partial charge in [0.05, 0.1) is 6.54 Å². The van der Waals surface area contributed by atoms with E-state index in [2.05, 4.69) is 10.3 Å². The molecule has 1 unspecified atom stereocenters. The molecule has 2 aromatic rings. The van der Waals surface area contributed by atoms with E-state index in [1.807, 2.05) is 82.2 Å². The van der Waals surface area contributed by atoms with Crippen molar-refractivity contribution in [3.05, 3.63) is 77.2 Å². The Kier molecular flexibility index (Phi) is 6.27. The molecule has 2 aromatic carbocycles. The van der Waals surface area contributed by atoms with Crippen molar-refractivity contribution in [2.45, 2.75) is 20.8 Å². The van der Waals surface area contributed by atoms with E-state index in [0.717, 1.165) is 11.3 Å². The van der Waals surface area contributed by atoms with Crippen LogP contribution in [0.1, 0.15) is 29.8 Å². The Morgan fingerprint density at radius 2 is 1.68 bits per heavy atom. The second-order valence-electron chi connectivity index (χ2n) is 8.35. The molecule has 1 atom stereocenters. The fourth-order valence-electron chi connectivity index (χ4n) is 3.95. The molecule has 0 fully saturated rings. The van der Waals surface area contributed by atoms with Crippen LogP contribution >= 0.6 is 0 Å². The van der Waals surface area contributed by atoms with Crippen LogP contribution in [0.4, 0.5) is 5.69 Å². The molecule has 1 amide bonds. The molecule has 0 saturated heterocycles. The lowest BCUT2D eigenvalue weighted by Crippen LogP contribution is -2.59. The summed E-state index contributed by atoms with van der Waals surface area (Å²) in [4.78, 5) is 31.9. The van der Waals surface area contributed by atoms with Gasteiger partial charge in [-0.05, 0) is 19.1 Å². The molecule has 7 heteroatoms. The average Bonchev–Trinajstić information content (AvgIpc) is 3.03. The largest absolute Gasteiger partial charge is 0.474 e. The molecule has 162 valence electrons. The van der Waals surface area contributed by atoms with Gasteiger partial charge in [-0.1, -0.05) is 49.7 Å². The van der Waals surface area contributed by atoms with Crippen LogP contribution in [-0.2, 0) is 4.79 Å². The summed E-state index contributed by atoms with van der Waals surface area (Å²) in [5.74, 6) is -0.757. The maximum atomic E-state index is 12.9. The third kappa shape index (κ3) is 4.22. The molecular weight excluding hydrogens is 392 g/mol. The number of aliphatic carboxylic acids is 1. The monoisotopic (exact) mass is 421 g/mol. The predicted octanol–water partition coefficient (Wildman–Crippen LogP) is 3.57. The Morgan fingerprint density at radius 1 is 1.06 bits per heavy atom. The molecule has 0 saturated carbocycles. The molecular formula is C24H29N4O3+. The SMILES string of the molecule is Cc1ccc(C(=O)NC2=C(C(=O)O)[N+](CC(C)C)(c3ccccc3)C(N(C)C)=N2)cc1. The Bertz CT molecular complexity index is 1040. The minimum Gasteiger partial charge on any atom is -0.474 e. The Morgan fingerprint density at radius 3 is 2.19 bits per heavy atom. The molecule has 0 radical (unpaired) electrons. The molecule has 1 aliphatic rings. The standard InChI is InChI=1S/C24H28N4O3/c1-16(2)15-28(19-9-7-6-8-10-19)20(23(30)31)21(26-24(28)27(4)5)25-22(29)18-13-11-17(3)12-14-18/h6-14,16H,15H2,1-5H3,(H-,25,29,30,31)/p+1. The number of nitrogens with zero attached hydrogens (tertiary/aromatic N) is 3. The number of carbonyl (C=O) groups excluding carboxylic acids is 1. The number of guanidine groups is 1. The summed E-state index contributed by atoms with van der Waals surface area (Å²) < 4.78 is -0.0790. The van der Waals surface area contributed by atoms with Crippen LogP contribution in [-0.4, -0.2) is 48.5 Å². The van der Waals surface area contributed by atoms with Gasteiger partial charge in [-0.15, -0.1) is 0 Å². The molecule has 7 nitrogen and oxygen atoms in total. The highest BCUT2D eigenvalue weighted by Crippen LogP contribution is 2.38. The van der Waals surface area contributed by atoms with Crippen molar-refractivity contribution in [3.63, 3.8) is 0 Å². The van der Waals surface area contributed by atoms with Crippen molar-refractivity contribution in [1.82, 2.24) is 14.7 Å². The van der Waals surface area contributed by atoms with E-state index in [1.165, 1.54) is 0 Å². The number of hydrogen-bond acceptors (Lipinski definition) is 4. The molecule has 0 aromatic heterocycles. The first kappa shape index (κ1) is 22.2. The zero-order chi connectivity index (χ0) is 22.8. The van der Waals surface area contributed by atoms with Crippen LogP contribution in [0.2, 0.25) is 0 Å². The van der Waals surface area contributed by atoms with Crippen LogP contribution in [0.15, 0.2) is 71.1 Å². The topological polar surface area (TPSA) is 82.0 Å². The first-order valence-electron chi connectivity index (χ1n) is 10.2. The van der Waals surface area contributed by atoms with Crippen molar-refractivity contribution in [3.8, 4) is 0 Å². The minimum atomic E-state index is -1.12. The lowest BCUT2D eigenvalue weighted by Gasteiger charge is -2.37. The quantitative estimate of drug-likeness (QED) is 0.699. The fraction of sp³-hybridized carbons (Fsp3) is 0.292. The summed E-state index contributed by atoms with van der Waals surface area (Å²) in [7, 11) is 3.67. The highest BCUT2D eigenvalue weighted by atomic mass is 16.4. The molecule has 0 bridgehead atoms. The molecule has 0 spiro atoms. The molecule has 1 aliphatic heterocycles. The van der Waals surface area contributed by atoms with Crippen molar-refractivity contribution >= 4 is 23.5 Å². The Labute approximate surface area is 182 Å². The van der Waals surface area contributed by atoms with E-state index in [0.29, 0.717) is 18.1 Å². The molecule has 1 heterocycles. The van der Waals surface area contributed by atoms with Gasteiger partial charge in [0.1, 0.15) is 5.69 Å². The minimum absolute atomic E-state index is 0.0315. The second-order valence-corrected chi connectivity index (χ2v) is 8.35. The van der Waals surface area contributed by atoms with Crippen molar-refractivity contribution in [2.24, 2.45) is 10.9 Å². The number of amides is 1. The summed E-state index contributed by atoms with van der Waals surface area (Å²) in [5.41, 5.74) is 2.29. The van der Waals surface area contributed by atoms with Gasteiger partial charge < -0.3 is 15.3 Å². The summed E-state index contributed by atoms with van der Waals surface area (Å²) in [6.45, 7) is 6.50. The zero-order valence-electron chi connectivity index (χ0n) is 18.6. The van der Waals surface area contributed by atoms with Crippen LogP contribution in [0, 0.1) is 12.8 Å². The van der Waals surface area contributed by atoms with Crippen molar-refractivity contribution in [2.75, 3.05) is 20.6 Å². The zero-order valence-corrected chi connectivity index (χ0v) is 18.6. The molecule has 31 heavy (non-hydrogen) atoms. The normalized spacial score (nSPS) is 18.2. The number of benzene rings is 2. The number of carbonyl (C=O) groups is 2. The Hall–Kier alpha value is -3.45. The average molecular weight is 422 g/mol. The van der Waals surface area contributed by atoms with Crippen LogP contribution < -0.4 is 9.80 Å². The van der Waals surface area contributed by atoms with Gasteiger partial charge in [0.2, 0.25) is 5.82 Å². The number of carboxylic acids is 1. The van der Waals surface area contributed by atoms with E-state index >= 15 is 0 Å². The van der Waals surface area contributed by atoms with Crippen LogP contribution in [0.25, 0.3) is 0 Å². The molecule has 2 N–H and O–H groups in total. The number of para-hydroxylation sites is 1. The third-order valence-corrected chi connectivity index (χ3v) is 5.14. The van der Waals surface area contributed by atoms with Gasteiger partial charge in [-0.2, -0.15) is 9.48 Å². The highest BCUT2D eigenvalue weighted by molar-refractivity contribution is 6.08. The summed E-state index contributed by atoms with van der Waals surface area (Å²) in [5, 5.41) is 13.1. The smallest absolute Gasteiger partial charge is 0.395 e. The van der Waals surface area contributed by atoms with Crippen molar-refractivity contribution in [1.29, 1.82) is 0 Å². The number of aryl methyl sites for hydroxylation is 1. The Balaban J connectivity index is 2.19.